The molecule has 0 saturated heterocycles. The zero-order valence-corrected chi connectivity index (χ0v) is 20.9. The van der Waals surface area contributed by atoms with E-state index in [4.69, 9.17) is 0 Å². The largest absolute Gasteiger partial charge is 0.356 e. The van der Waals surface area contributed by atoms with Crippen molar-refractivity contribution in [2.45, 2.75) is 23.8 Å². The van der Waals surface area contributed by atoms with E-state index in [1.807, 2.05) is 30.3 Å². The van der Waals surface area contributed by atoms with Crippen molar-refractivity contribution < 1.29 is 26.8 Å². The molecule has 0 saturated carbocycles. The average molecular weight is 539 g/mol. The lowest BCUT2D eigenvalue weighted by atomic mass is 10.1. The van der Waals surface area contributed by atoms with Crippen LogP contribution < -0.4 is 15.4 Å². The van der Waals surface area contributed by atoms with Gasteiger partial charge in [-0.2, -0.15) is 0 Å². The highest BCUT2D eigenvalue weighted by molar-refractivity contribution is 7.92. The first-order valence-electron chi connectivity index (χ1n) is 11.9. The average Bonchev–Trinajstić information content (AvgIpc) is 3.26. The number of carbonyl (C=O) groups is 2. The van der Waals surface area contributed by atoms with Crippen LogP contribution in [0, 0.1) is 11.6 Å². The van der Waals surface area contributed by atoms with Gasteiger partial charge in [0.1, 0.15) is 22.2 Å². The Kier molecular flexibility index (Phi) is 6.85. The van der Waals surface area contributed by atoms with Gasteiger partial charge >= 0.3 is 0 Å². The molecule has 11 heteroatoms. The Morgan fingerprint density at radius 1 is 1.03 bits per heavy atom. The van der Waals surface area contributed by atoms with Crippen LogP contribution in [-0.4, -0.2) is 37.9 Å². The molecule has 1 aromatic heterocycles. The second-order valence-corrected chi connectivity index (χ2v) is 10.7. The Morgan fingerprint density at radius 3 is 2.58 bits per heavy atom. The molecule has 0 radical (unpaired) electrons. The van der Waals surface area contributed by atoms with Gasteiger partial charge in [-0.1, -0.05) is 30.3 Å². The number of halogens is 2. The minimum Gasteiger partial charge on any atom is -0.356 e. The molecule has 196 valence electrons. The molecule has 1 unspecified atom stereocenters. The molecule has 2 heterocycles. The Balaban J connectivity index is 1.34. The molecule has 1 aliphatic rings. The van der Waals surface area contributed by atoms with E-state index in [0.29, 0.717) is 35.6 Å². The summed E-state index contributed by atoms with van der Waals surface area (Å²) in [6, 6.07) is 17.9. The van der Waals surface area contributed by atoms with E-state index in [1.165, 1.54) is 12.1 Å². The van der Waals surface area contributed by atoms with Crippen molar-refractivity contribution in [3.05, 3.63) is 95.7 Å². The molecule has 1 atom stereocenters. The zero-order chi connectivity index (χ0) is 26.9. The first kappa shape index (κ1) is 25.4. The van der Waals surface area contributed by atoms with E-state index in [1.54, 1.807) is 16.7 Å². The number of anilines is 1. The van der Waals surface area contributed by atoms with Crippen LogP contribution in [0.25, 0.3) is 10.9 Å². The van der Waals surface area contributed by atoms with Crippen molar-refractivity contribution in [1.82, 2.24) is 15.2 Å². The number of fused-ring (bicyclic) bond motifs is 3. The normalized spacial score (nSPS) is 15.1. The molecule has 8 nitrogen and oxygen atoms in total. The Morgan fingerprint density at radius 2 is 1.82 bits per heavy atom. The van der Waals surface area contributed by atoms with Gasteiger partial charge in [-0.05, 0) is 48.4 Å². The summed E-state index contributed by atoms with van der Waals surface area (Å²) in [7, 11) is -4.33. The van der Waals surface area contributed by atoms with Crippen molar-refractivity contribution in [3.8, 4) is 0 Å². The van der Waals surface area contributed by atoms with Crippen molar-refractivity contribution in [2.75, 3.05) is 17.8 Å². The SMILES string of the molecule is O=C(CC1CNC(=O)c2cc3cc(NS(=O)(=O)c4ccc(F)cc4F)ccc3n21)NCCc1ccccc1. The maximum atomic E-state index is 14.1. The van der Waals surface area contributed by atoms with Gasteiger partial charge in [0.05, 0.1) is 6.04 Å². The third-order valence-corrected chi connectivity index (χ3v) is 7.78. The fourth-order valence-corrected chi connectivity index (χ4v) is 5.71. The van der Waals surface area contributed by atoms with Gasteiger partial charge < -0.3 is 15.2 Å². The van der Waals surface area contributed by atoms with Gasteiger partial charge in [0, 0.05) is 42.2 Å². The molecule has 0 fully saturated rings. The lowest BCUT2D eigenvalue weighted by Gasteiger charge is -2.27. The van der Waals surface area contributed by atoms with E-state index in [9.17, 15) is 26.8 Å². The fraction of sp³-hybridized carbons (Fsp3) is 0.185. The zero-order valence-electron chi connectivity index (χ0n) is 20.1. The minimum atomic E-state index is -4.33. The predicted octanol–water partition coefficient (Wildman–Crippen LogP) is 3.75. The lowest BCUT2D eigenvalue weighted by molar-refractivity contribution is -0.121. The van der Waals surface area contributed by atoms with Gasteiger partial charge in [0.2, 0.25) is 5.91 Å². The van der Waals surface area contributed by atoms with E-state index >= 15 is 0 Å². The number of benzene rings is 3. The number of hydrogen-bond donors (Lipinski definition) is 3. The third kappa shape index (κ3) is 5.23. The molecule has 1 aliphatic heterocycles. The number of nitrogens with zero attached hydrogens (tertiary/aromatic N) is 1. The van der Waals surface area contributed by atoms with Crippen molar-refractivity contribution in [1.29, 1.82) is 0 Å². The van der Waals surface area contributed by atoms with Crippen LogP contribution >= 0.6 is 0 Å². The highest BCUT2D eigenvalue weighted by Gasteiger charge is 2.29. The predicted molar refractivity (Wildman–Crippen MR) is 138 cm³/mol. The van der Waals surface area contributed by atoms with E-state index in [2.05, 4.69) is 15.4 Å². The minimum absolute atomic E-state index is 0.139. The van der Waals surface area contributed by atoms with Gasteiger partial charge in [-0.15, -0.1) is 0 Å². The number of nitrogens with one attached hydrogen (secondary N) is 3. The van der Waals surface area contributed by atoms with Crippen LogP contribution in [0.3, 0.4) is 0 Å². The van der Waals surface area contributed by atoms with E-state index in [-0.39, 0.29) is 36.5 Å². The highest BCUT2D eigenvalue weighted by atomic mass is 32.2. The maximum absolute atomic E-state index is 14.1. The quantitative estimate of drug-likeness (QED) is 0.317. The summed E-state index contributed by atoms with van der Waals surface area (Å²) in [4.78, 5) is 24.6. The molecule has 4 aromatic rings. The summed E-state index contributed by atoms with van der Waals surface area (Å²) >= 11 is 0. The molecule has 5 rings (SSSR count). The van der Waals surface area contributed by atoms with Crippen LogP contribution in [0.1, 0.15) is 28.5 Å². The molecule has 2 amide bonds. The summed E-state index contributed by atoms with van der Waals surface area (Å²) in [5, 5.41) is 6.28. The van der Waals surface area contributed by atoms with Crippen LogP contribution in [0.2, 0.25) is 0 Å². The van der Waals surface area contributed by atoms with Gasteiger partial charge in [0.25, 0.3) is 15.9 Å². The fourth-order valence-electron chi connectivity index (χ4n) is 4.60. The summed E-state index contributed by atoms with van der Waals surface area (Å²) in [6.45, 7) is 0.749. The lowest BCUT2D eigenvalue weighted by Crippen LogP contribution is -2.41. The first-order valence-corrected chi connectivity index (χ1v) is 13.4. The number of carbonyl (C=O) groups excluding carboxylic acids is 2. The standard InChI is InChI=1S/C27H24F2N4O4S/c28-19-6-9-25(22(29)14-19)38(36,37)32-20-7-8-23-18(12-20)13-24-27(35)31-16-21(33(23)24)15-26(34)30-11-10-17-4-2-1-3-5-17/h1-9,12-14,21,32H,10-11,15-16H2,(H,30,34)(H,31,35). The monoisotopic (exact) mass is 538 g/mol. The molecule has 0 aliphatic carbocycles. The molecule has 38 heavy (non-hydrogen) atoms. The maximum Gasteiger partial charge on any atom is 0.268 e. The van der Waals surface area contributed by atoms with E-state index in [0.717, 1.165) is 17.7 Å². The third-order valence-electron chi connectivity index (χ3n) is 6.37. The van der Waals surface area contributed by atoms with E-state index < -0.39 is 26.6 Å². The molecule has 3 N–H and O–H groups in total. The van der Waals surface area contributed by atoms with Crippen LogP contribution in [0.5, 0.6) is 0 Å². The number of amides is 2. The molecular formula is C27H24F2N4O4S. The first-order chi connectivity index (χ1) is 18.2. The van der Waals surface area contributed by atoms with Crippen LogP contribution in [-0.2, 0) is 21.2 Å². The summed E-state index contributed by atoms with van der Waals surface area (Å²) in [5.74, 6) is -2.56. The van der Waals surface area contributed by atoms with Crippen molar-refractivity contribution in [3.63, 3.8) is 0 Å². The van der Waals surface area contributed by atoms with Gasteiger partial charge in [0.15, 0.2) is 0 Å². The summed E-state index contributed by atoms with van der Waals surface area (Å²) in [5.41, 5.74) is 2.25. The Bertz CT molecular complexity index is 1640. The molecular weight excluding hydrogens is 514 g/mol. The Labute approximate surface area is 217 Å². The number of sulfonamides is 1. The molecule has 3 aromatic carbocycles. The molecule has 0 spiro atoms. The Hall–Kier alpha value is -4.25. The van der Waals surface area contributed by atoms with Gasteiger partial charge in [-0.25, -0.2) is 17.2 Å². The summed E-state index contributed by atoms with van der Waals surface area (Å²) < 4.78 is 56.7. The summed E-state index contributed by atoms with van der Waals surface area (Å²) in [6.07, 6.45) is 0.844. The highest BCUT2D eigenvalue weighted by Crippen LogP contribution is 2.31. The number of aromatic nitrogens is 1. The number of rotatable bonds is 8. The van der Waals surface area contributed by atoms with Crippen molar-refractivity contribution >= 4 is 38.4 Å². The van der Waals surface area contributed by atoms with Crippen molar-refractivity contribution in [2.24, 2.45) is 0 Å². The van der Waals surface area contributed by atoms with Gasteiger partial charge in [-0.3, -0.25) is 14.3 Å². The molecule has 0 bridgehead atoms. The topological polar surface area (TPSA) is 109 Å². The van der Waals surface area contributed by atoms with Crippen LogP contribution in [0.15, 0.2) is 77.7 Å². The second-order valence-electron chi connectivity index (χ2n) is 9.01. The smallest absolute Gasteiger partial charge is 0.268 e. The second kappa shape index (κ2) is 10.3. The van der Waals surface area contributed by atoms with Crippen LogP contribution in [0.4, 0.5) is 14.5 Å². The number of hydrogen-bond acceptors (Lipinski definition) is 4.